The van der Waals surface area contributed by atoms with Crippen molar-refractivity contribution in [3.63, 3.8) is 0 Å². The third-order valence-electron chi connectivity index (χ3n) is 4.90. The Morgan fingerprint density at radius 3 is 2.42 bits per heavy atom. The quantitative estimate of drug-likeness (QED) is 0.389. The molecule has 4 rings (SSSR count). The lowest BCUT2D eigenvalue weighted by Crippen LogP contribution is -2.11. The van der Waals surface area contributed by atoms with Crippen LogP contribution in [-0.2, 0) is 0 Å². The molecule has 3 aromatic carbocycles. The highest BCUT2D eigenvalue weighted by atomic mass is 16.5. The van der Waals surface area contributed by atoms with Gasteiger partial charge in [-0.3, -0.25) is 9.59 Å². The van der Waals surface area contributed by atoms with Crippen LogP contribution in [0.25, 0.3) is 6.08 Å². The molecule has 0 atom stereocenters. The van der Waals surface area contributed by atoms with Crippen LogP contribution in [-0.4, -0.2) is 24.8 Å². The lowest BCUT2D eigenvalue weighted by Gasteiger charge is -2.08. The minimum absolute atomic E-state index is 0.0922. The molecular weight excluding hydrogens is 392 g/mol. The van der Waals surface area contributed by atoms with Crippen molar-refractivity contribution in [2.45, 2.75) is 13.8 Å². The van der Waals surface area contributed by atoms with Crippen molar-refractivity contribution in [1.29, 1.82) is 0 Å². The maximum atomic E-state index is 12.8. The molecule has 0 radical (unpaired) electrons. The molecule has 0 saturated heterocycles. The van der Waals surface area contributed by atoms with E-state index in [-0.39, 0.29) is 23.9 Å². The average molecular weight is 414 g/mol. The Bertz CT molecular complexity index is 1140. The molecule has 3 aromatic rings. The molecule has 5 heteroatoms. The molecule has 0 unspecified atom stereocenters. The topological polar surface area (TPSA) is 61.8 Å². The van der Waals surface area contributed by atoms with E-state index in [4.69, 9.17) is 14.2 Å². The maximum Gasteiger partial charge on any atom is 0.232 e. The van der Waals surface area contributed by atoms with Gasteiger partial charge in [0.15, 0.2) is 18.1 Å². The number of hydrogen-bond acceptors (Lipinski definition) is 5. The SMILES string of the molecule is CCOc1ccc(/C=C2\Oc3cc(OCC(=O)c4ccccc4)cc(C)c3C2=O)cc1. The Labute approximate surface area is 180 Å². The average Bonchev–Trinajstić information content (AvgIpc) is 3.09. The number of carbonyl (C=O) groups is 2. The highest BCUT2D eigenvalue weighted by Gasteiger charge is 2.30. The number of hydrogen-bond donors (Lipinski definition) is 0. The summed E-state index contributed by atoms with van der Waals surface area (Å²) >= 11 is 0. The molecule has 0 aliphatic carbocycles. The van der Waals surface area contributed by atoms with E-state index in [1.807, 2.05) is 56.3 Å². The van der Waals surface area contributed by atoms with Crippen LogP contribution in [0.1, 0.15) is 38.8 Å². The number of fused-ring (bicyclic) bond motifs is 1. The normalized spacial score (nSPS) is 13.6. The van der Waals surface area contributed by atoms with Gasteiger partial charge in [0, 0.05) is 11.6 Å². The molecule has 0 amide bonds. The van der Waals surface area contributed by atoms with Crippen molar-refractivity contribution in [2.75, 3.05) is 13.2 Å². The van der Waals surface area contributed by atoms with Crippen LogP contribution in [0.2, 0.25) is 0 Å². The fourth-order valence-corrected chi connectivity index (χ4v) is 3.40. The van der Waals surface area contributed by atoms with Crippen LogP contribution in [0.3, 0.4) is 0 Å². The monoisotopic (exact) mass is 414 g/mol. The number of ketones is 2. The molecule has 0 aromatic heterocycles. The predicted octanol–water partition coefficient (Wildman–Crippen LogP) is 5.27. The molecule has 31 heavy (non-hydrogen) atoms. The van der Waals surface area contributed by atoms with Crippen molar-refractivity contribution in [2.24, 2.45) is 0 Å². The smallest absolute Gasteiger partial charge is 0.232 e. The first-order chi connectivity index (χ1) is 15.0. The van der Waals surface area contributed by atoms with E-state index >= 15 is 0 Å². The van der Waals surface area contributed by atoms with Gasteiger partial charge >= 0.3 is 0 Å². The fraction of sp³-hybridized carbons (Fsp3) is 0.154. The van der Waals surface area contributed by atoms with Crippen LogP contribution in [0, 0.1) is 6.92 Å². The van der Waals surface area contributed by atoms with E-state index < -0.39 is 0 Å². The van der Waals surface area contributed by atoms with Gasteiger partial charge in [-0.1, -0.05) is 42.5 Å². The van der Waals surface area contributed by atoms with Crippen LogP contribution in [0.15, 0.2) is 72.5 Å². The van der Waals surface area contributed by atoms with Gasteiger partial charge in [0.05, 0.1) is 12.2 Å². The summed E-state index contributed by atoms with van der Waals surface area (Å²) in [6.07, 6.45) is 1.71. The number of rotatable bonds is 7. The van der Waals surface area contributed by atoms with Crippen LogP contribution in [0.4, 0.5) is 0 Å². The molecule has 0 spiro atoms. The summed E-state index contributed by atoms with van der Waals surface area (Å²) in [6, 6.07) is 19.8. The zero-order chi connectivity index (χ0) is 21.8. The number of carbonyl (C=O) groups excluding carboxylic acids is 2. The summed E-state index contributed by atoms with van der Waals surface area (Å²) < 4.78 is 17.0. The van der Waals surface area contributed by atoms with Gasteiger partial charge in [0.25, 0.3) is 0 Å². The Kier molecular flexibility index (Phi) is 5.85. The Morgan fingerprint density at radius 1 is 0.968 bits per heavy atom. The fourth-order valence-electron chi connectivity index (χ4n) is 3.40. The van der Waals surface area contributed by atoms with Crippen LogP contribution in [0.5, 0.6) is 17.2 Å². The standard InChI is InChI=1S/C26H22O5/c1-3-29-20-11-9-18(10-12-20)14-24-26(28)25-17(2)13-21(15-23(25)31-24)30-16-22(27)19-7-5-4-6-8-19/h4-15H,3,16H2,1-2H3/b24-14-. The molecular formula is C26H22O5. The van der Waals surface area contributed by atoms with Crippen LogP contribution >= 0.6 is 0 Å². The second-order valence-electron chi connectivity index (χ2n) is 7.13. The van der Waals surface area contributed by atoms with Gasteiger partial charge in [-0.2, -0.15) is 0 Å². The van der Waals surface area contributed by atoms with Crippen molar-refractivity contribution in [3.05, 3.63) is 94.7 Å². The first-order valence-corrected chi connectivity index (χ1v) is 10.1. The first-order valence-electron chi connectivity index (χ1n) is 10.1. The largest absolute Gasteiger partial charge is 0.494 e. The van der Waals surface area contributed by atoms with E-state index in [9.17, 15) is 9.59 Å². The molecule has 0 N–H and O–H groups in total. The van der Waals surface area contributed by atoms with E-state index in [1.165, 1.54) is 0 Å². The highest BCUT2D eigenvalue weighted by molar-refractivity contribution is 6.15. The van der Waals surface area contributed by atoms with Crippen molar-refractivity contribution in [1.82, 2.24) is 0 Å². The predicted molar refractivity (Wildman–Crippen MR) is 118 cm³/mol. The number of allylic oxidation sites excluding steroid dienone is 1. The van der Waals surface area contributed by atoms with Crippen LogP contribution < -0.4 is 14.2 Å². The van der Waals surface area contributed by atoms with Gasteiger partial charge < -0.3 is 14.2 Å². The highest BCUT2D eigenvalue weighted by Crippen LogP contribution is 2.37. The number of ether oxygens (including phenoxy) is 3. The van der Waals surface area contributed by atoms with Crippen molar-refractivity contribution in [3.8, 4) is 17.2 Å². The molecule has 1 aliphatic rings. The molecule has 0 bridgehead atoms. The zero-order valence-corrected chi connectivity index (χ0v) is 17.4. The van der Waals surface area contributed by atoms with Crippen molar-refractivity contribution >= 4 is 17.6 Å². The number of benzene rings is 3. The maximum absolute atomic E-state index is 12.8. The molecule has 1 heterocycles. The third kappa shape index (κ3) is 4.51. The lowest BCUT2D eigenvalue weighted by molar-refractivity contribution is 0.0920. The minimum atomic E-state index is -0.173. The van der Waals surface area contributed by atoms with Crippen molar-refractivity contribution < 1.29 is 23.8 Å². The summed E-state index contributed by atoms with van der Waals surface area (Å²) in [7, 11) is 0. The minimum Gasteiger partial charge on any atom is -0.494 e. The number of Topliss-reactive ketones (excluding diaryl/α,β-unsaturated/α-hetero) is 2. The number of aryl methyl sites for hydroxylation is 1. The molecule has 1 aliphatic heterocycles. The van der Waals surface area contributed by atoms with Gasteiger partial charge in [-0.25, -0.2) is 0 Å². The molecule has 156 valence electrons. The summed E-state index contributed by atoms with van der Waals surface area (Å²) in [6.45, 7) is 4.25. The molecule has 0 fully saturated rings. The first kappa shape index (κ1) is 20.4. The lowest BCUT2D eigenvalue weighted by atomic mass is 10.0. The second-order valence-corrected chi connectivity index (χ2v) is 7.13. The summed E-state index contributed by atoms with van der Waals surface area (Å²) in [4.78, 5) is 25.1. The third-order valence-corrected chi connectivity index (χ3v) is 4.90. The van der Waals surface area contributed by atoms with Gasteiger partial charge in [-0.05, 0) is 49.2 Å². The van der Waals surface area contributed by atoms with E-state index in [0.717, 1.165) is 16.9 Å². The van der Waals surface area contributed by atoms with Gasteiger partial charge in [-0.15, -0.1) is 0 Å². The summed E-state index contributed by atoms with van der Waals surface area (Å²) in [5.41, 5.74) is 2.67. The Balaban J connectivity index is 1.50. The summed E-state index contributed by atoms with van der Waals surface area (Å²) in [5.74, 6) is 1.65. The van der Waals surface area contributed by atoms with Gasteiger partial charge in [0.2, 0.25) is 5.78 Å². The zero-order valence-electron chi connectivity index (χ0n) is 17.4. The van der Waals surface area contributed by atoms with Gasteiger partial charge in [0.1, 0.15) is 17.2 Å². The Hall–Kier alpha value is -3.86. The van der Waals surface area contributed by atoms with E-state index in [1.54, 1.807) is 30.3 Å². The van der Waals surface area contributed by atoms with E-state index in [2.05, 4.69) is 0 Å². The molecule has 0 saturated carbocycles. The Morgan fingerprint density at radius 2 is 1.71 bits per heavy atom. The summed E-state index contributed by atoms with van der Waals surface area (Å²) in [5, 5.41) is 0. The van der Waals surface area contributed by atoms with E-state index in [0.29, 0.717) is 29.2 Å². The molecule has 5 nitrogen and oxygen atoms in total. The second kappa shape index (κ2) is 8.88.